The SMILES string of the molecule is CC(/C=C/c1ccco1)=N\NC(=O)Cc1cccc2ccccc12. The maximum atomic E-state index is 12.1. The van der Waals surface area contributed by atoms with Crippen LogP contribution in [0.5, 0.6) is 0 Å². The minimum Gasteiger partial charge on any atom is -0.465 e. The Labute approximate surface area is 140 Å². The third-order valence-electron chi connectivity index (χ3n) is 3.62. The Morgan fingerprint density at radius 1 is 1.12 bits per heavy atom. The molecule has 0 fully saturated rings. The van der Waals surface area contributed by atoms with Gasteiger partial charge in [-0.05, 0) is 47.5 Å². The predicted molar refractivity (Wildman–Crippen MR) is 96.6 cm³/mol. The quantitative estimate of drug-likeness (QED) is 0.567. The Balaban J connectivity index is 1.63. The first-order chi connectivity index (χ1) is 11.7. The van der Waals surface area contributed by atoms with Crippen LogP contribution in [0.15, 0.2) is 76.5 Å². The molecular weight excluding hydrogens is 300 g/mol. The smallest absolute Gasteiger partial charge is 0.244 e. The van der Waals surface area contributed by atoms with Crippen LogP contribution in [0.4, 0.5) is 0 Å². The summed E-state index contributed by atoms with van der Waals surface area (Å²) < 4.78 is 5.20. The molecule has 1 heterocycles. The molecule has 1 aromatic heterocycles. The summed E-state index contributed by atoms with van der Waals surface area (Å²) in [5, 5.41) is 6.31. The lowest BCUT2D eigenvalue weighted by Gasteiger charge is -2.05. The highest BCUT2D eigenvalue weighted by atomic mass is 16.3. The molecule has 3 rings (SSSR count). The van der Waals surface area contributed by atoms with Gasteiger partial charge in [0.05, 0.1) is 18.4 Å². The summed E-state index contributed by atoms with van der Waals surface area (Å²) in [5.41, 5.74) is 4.28. The van der Waals surface area contributed by atoms with Crippen molar-refractivity contribution in [1.82, 2.24) is 5.43 Å². The molecule has 0 aliphatic carbocycles. The zero-order valence-electron chi connectivity index (χ0n) is 13.4. The molecule has 2 aromatic carbocycles. The molecule has 0 unspecified atom stereocenters. The molecule has 1 amide bonds. The zero-order chi connectivity index (χ0) is 16.8. The summed E-state index contributed by atoms with van der Waals surface area (Å²) in [7, 11) is 0. The van der Waals surface area contributed by atoms with Crippen LogP contribution in [-0.4, -0.2) is 11.6 Å². The van der Waals surface area contributed by atoms with Crippen LogP contribution in [-0.2, 0) is 11.2 Å². The average molecular weight is 318 g/mol. The lowest BCUT2D eigenvalue weighted by atomic mass is 10.0. The van der Waals surface area contributed by atoms with E-state index in [1.165, 1.54) is 0 Å². The molecule has 1 N–H and O–H groups in total. The van der Waals surface area contributed by atoms with Crippen LogP contribution < -0.4 is 5.43 Å². The Morgan fingerprint density at radius 2 is 1.96 bits per heavy atom. The molecule has 0 saturated carbocycles. The normalized spacial score (nSPS) is 12.0. The summed E-state index contributed by atoms with van der Waals surface area (Å²) in [4.78, 5) is 12.1. The topological polar surface area (TPSA) is 54.6 Å². The molecule has 0 aliphatic rings. The lowest BCUT2D eigenvalue weighted by Crippen LogP contribution is -2.20. The molecule has 3 aromatic rings. The minimum absolute atomic E-state index is 0.142. The van der Waals surface area contributed by atoms with Crippen molar-refractivity contribution < 1.29 is 9.21 Å². The van der Waals surface area contributed by atoms with E-state index < -0.39 is 0 Å². The first-order valence-electron chi connectivity index (χ1n) is 7.74. The van der Waals surface area contributed by atoms with Gasteiger partial charge in [-0.15, -0.1) is 0 Å². The molecular formula is C20H18N2O2. The average Bonchev–Trinajstić information content (AvgIpc) is 3.12. The van der Waals surface area contributed by atoms with E-state index in [9.17, 15) is 4.79 Å². The van der Waals surface area contributed by atoms with E-state index >= 15 is 0 Å². The van der Waals surface area contributed by atoms with Gasteiger partial charge in [0, 0.05) is 0 Å². The van der Waals surface area contributed by atoms with Crippen LogP contribution in [0.1, 0.15) is 18.2 Å². The van der Waals surface area contributed by atoms with Gasteiger partial charge in [0.15, 0.2) is 0 Å². The number of amides is 1. The standard InChI is InChI=1S/C20H18N2O2/c1-15(11-12-18-9-5-13-24-18)21-22-20(23)14-17-8-4-7-16-6-2-3-10-19(16)17/h2-13H,14H2,1H3,(H,22,23)/b12-11+,21-15+. The van der Waals surface area contributed by atoms with Crippen LogP contribution in [0, 0.1) is 0 Å². The van der Waals surface area contributed by atoms with Crippen molar-refractivity contribution in [2.75, 3.05) is 0 Å². The van der Waals surface area contributed by atoms with Crippen LogP contribution >= 0.6 is 0 Å². The number of carbonyl (C=O) groups excluding carboxylic acids is 1. The van der Waals surface area contributed by atoms with Crippen LogP contribution in [0.3, 0.4) is 0 Å². The van der Waals surface area contributed by atoms with Gasteiger partial charge in [-0.2, -0.15) is 5.10 Å². The van der Waals surface area contributed by atoms with Crippen molar-refractivity contribution >= 4 is 28.5 Å². The first kappa shape index (κ1) is 15.7. The number of furan rings is 1. The summed E-state index contributed by atoms with van der Waals surface area (Å²) >= 11 is 0. The summed E-state index contributed by atoms with van der Waals surface area (Å²) in [5.74, 6) is 0.601. The highest BCUT2D eigenvalue weighted by molar-refractivity contribution is 5.97. The number of hydrazone groups is 1. The Morgan fingerprint density at radius 3 is 2.79 bits per heavy atom. The van der Waals surface area contributed by atoms with Gasteiger partial charge in [-0.25, -0.2) is 5.43 Å². The van der Waals surface area contributed by atoms with E-state index in [0.29, 0.717) is 12.1 Å². The molecule has 0 radical (unpaired) electrons. The van der Waals surface area contributed by atoms with Gasteiger partial charge in [-0.3, -0.25) is 4.79 Å². The minimum atomic E-state index is -0.142. The monoisotopic (exact) mass is 318 g/mol. The number of carbonyl (C=O) groups is 1. The number of rotatable bonds is 5. The van der Waals surface area contributed by atoms with E-state index in [0.717, 1.165) is 22.1 Å². The number of hydrogen-bond donors (Lipinski definition) is 1. The van der Waals surface area contributed by atoms with E-state index in [1.54, 1.807) is 18.4 Å². The number of benzene rings is 2. The fourth-order valence-electron chi connectivity index (χ4n) is 2.44. The highest BCUT2D eigenvalue weighted by Gasteiger charge is 2.06. The fraction of sp³-hybridized carbons (Fsp3) is 0.100. The molecule has 24 heavy (non-hydrogen) atoms. The summed E-state index contributed by atoms with van der Waals surface area (Å²) in [6.45, 7) is 1.82. The van der Waals surface area contributed by atoms with Gasteiger partial charge >= 0.3 is 0 Å². The first-order valence-corrected chi connectivity index (χ1v) is 7.74. The van der Waals surface area contributed by atoms with Crippen LogP contribution in [0.2, 0.25) is 0 Å². The van der Waals surface area contributed by atoms with Crippen molar-refractivity contribution in [3.8, 4) is 0 Å². The second-order valence-corrected chi connectivity index (χ2v) is 5.45. The van der Waals surface area contributed by atoms with Crippen LogP contribution in [0.25, 0.3) is 16.8 Å². The van der Waals surface area contributed by atoms with E-state index in [1.807, 2.05) is 61.5 Å². The van der Waals surface area contributed by atoms with E-state index in [-0.39, 0.29) is 5.91 Å². The van der Waals surface area contributed by atoms with Gasteiger partial charge in [-0.1, -0.05) is 42.5 Å². The fourth-order valence-corrected chi connectivity index (χ4v) is 2.44. The second kappa shape index (κ2) is 7.42. The second-order valence-electron chi connectivity index (χ2n) is 5.45. The third kappa shape index (κ3) is 3.98. The van der Waals surface area contributed by atoms with Gasteiger partial charge in [0.25, 0.3) is 0 Å². The Bertz CT molecular complexity index is 888. The maximum absolute atomic E-state index is 12.1. The Kier molecular flexibility index (Phi) is 4.87. The molecule has 0 aliphatic heterocycles. The molecule has 120 valence electrons. The number of fused-ring (bicyclic) bond motifs is 1. The molecule has 4 heteroatoms. The van der Waals surface area contributed by atoms with E-state index in [2.05, 4.69) is 10.5 Å². The van der Waals surface area contributed by atoms with Gasteiger partial charge in [0.1, 0.15) is 5.76 Å². The predicted octanol–water partition coefficient (Wildman–Crippen LogP) is 4.18. The van der Waals surface area contributed by atoms with Crippen molar-refractivity contribution in [2.45, 2.75) is 13.3 Å². The molecule has 0 saturated heterocycles. The molecule has 4 nitrogen and oxygen atoms in total. The number of allylic oxidation sites excluding steroid dienone is 1. The highest BCUT2D eigenvalue weighted by Crippen LogP contribution is 2.18. The number of hydrogen-bond acceptors (Lipinski definition) is 3. The largest absolute Gasteiger partial charge is 0.465 e. The lowest BCUT2D eigenvalue weighted by molar-refractivity contribution is -0.120. The summed E-state index contributed by atoms with van der Waals surface area (Å²) in [6.07, 6.45) is 5.49. The molecule has 0 spiro atoms. The molecule has 0 atom stereocenters. The Hall–Kier alpha value is -3.14. The zero-order valence-corrected chi connectivity index (χ0v) is 13.4. The maximum Gasteiger partial charge on any atom is 0.244 e. The summed E-state index contributed by atoms with van der Waals surface area (Å²) in [6, 6.07) is 17.7. The van der Waals surface area contributed by atoms with Crippen molar-refractivity contribution in [1.29, 1.82) is 0 Å². The number of nitrogens with one attached hydrogen (secondary N) is 1. The number of nitrogens with zero attached hydrogens (tertiary/aromatic N) is 1. The van der Waals surface area contributed by atoms with E-state index in [4.69, 9.17) is 4.42 Å². The van der Waals surface area contributed by atoms with Crippen molar-refractivity contribution in [3.63, 3.8) is 0 Å². The van der Waals surface area contributed by atoms with Crippen molar-refractivity contribution in [2.24, 2.45) is 5.10 Å². The van der Waals surface area contributed by atoms with Gasteiger partial charge in [0.2, 0.25) is 5.91 Å². The third-order valence-corrected chi connectivity index (χ3v) is 3.62. The van der Waals surface area contributed by atoms with Gasteiger partial charge < -0.3 is 4.42 Å². The van der Waals surface area contributed by atoms with Crippen molar-refractivity contribution in [3.05, 3.63) is 78.3 Å². The molecule has 0 bridgehead atoms.